The zero-order valence-corrected chi connectivity index (χ0v) is 8.44. The number of aliphatic hydroxyl groups excluding tert-OH is 3. The Bertz CT molecular complexity index is 62.3. The molecule has 0 aliphatic carbocycles. The molecule has 0 spiro atoms. The van der Waals surface area contributed by atoms with Gasteiger partial charge in [0.25, 0.3) is 0 Å². The zero-order valence-electron chi connectivity index (χ0n) is 6.86. The number of nitrogens with zero attached hydrogens (tertiary/aromatic N) is 1. The molecule has 0 rings (SSSR count). The van der Waals surface area contributed by atoms with Crippen molar-refractivity contribution < 1.29 is 19.5 Å². The summed E-state index contributed by atoms with van der Waals surface area (Å²) in [4.78, 5) is 1.79. The van der Waals surface area contributed by atoms with Gasteiger partial charge in [-0.3, -0.25) is 4.90 Å². The van der Waals surface area contributed by atoms with Gasteiger partial charge >= 0.3 is 0 Å². The lowest BCUT2D eigenvalue weighted by molar-refractivity contribution is 0.136. The number of hydrogen-bond acceptors (Lipinski definition) is 5. The summed E-state index contributed by atoms with van der Waals surface area (Å²) in [5.41, 5.74) is 0. The highest BCUT2D eigenvalue weighted by atomic mass is 79.9. The summed E-state index contributed by atoms with van der Waals surface area (Å²) in [6, 6.07) is 0. The third kappa shape index (κ3) is 10.3. The fourth-order valence-corrected chi connectivity index (χ4v) is 0.760. The second-order valence-corrected chi connectivity index (χ2v) is 2.01. The molecule has 0 aromatic carbocycles. The van der Waals surface area contributed by atoms with Crippen molar-refractivity contribution in [3.05, 3.63) is 0 Å². The van der Waals surface area contributed by atoms with E-state index in [4.69, 9.17) is 19.5 Å². The largest absolute Gasteiger partial charge is 0.395 e. The Kier molecular flexibility index (Phi) is 17.1. The van der Waals surface area contributed by atoms with Gasteiger partial charge in [0, 0.05) is 19.6 Å². The van der Waals surface area contributed by atoms with E-state index in [9.17, 15) is 0 Å². The third-order valence-electron chi connectivity index (χ3n) is 1.25. The quantitative estimate of drug-likeness (QED) is 0.461. The summed E-state index contributed by atoms with van der Waals surface area (Å²) >= 11 is 1.94. The van der Waals surface area contributed by atoms with E-state index in [2.05, 4.69) is 0 Å². The topological polar surface area (TPSA) is 84.2 Å². The lowest BCUT2D eigenvalue weighted by Crippen LogP contribution is -2.32. The predicted molar refractivity (Wildman–Crippen MR) is 48.8 cm³/mol. The molecule has 0 atom stereocenters. The van der Waals surface area contributed by atoms with E-state index in [-0.39, 0.29) is 19.8 Å². The first-order valence-corrected chi connectivity index (χ1v) is 4.28. The maximum Gasteiger partial charge on any atom is 0.0957 e. The van der Waals surface area contributed by atoms with Crippen LogP contribution in [0.15, 0.2) is 0 Å². The molecule has 0 bridgehead atoms. The molecule has 0 unspecified atom stereocenters. The highest BCUT2D eigenvalue weighted by molar-refractivity contribution is 9.05. The second kappa shape index (κ2) is 13.8. The number of rotatable bonds is 6. The Morgan fingerprint density at radius 1 is 0.750 bits per heavy atom. The van der Waals surface area contributed by atoms with Crippen LogP contribution in [0, 0.1) is 0 Å². The molecule has 0 saturated carbocycles. The fourth-order valence-electron chi connectivity index (χ4n) is 0.760. The minimum Gasteiger partial charge on any atom is -0.395 e. The van der Waals surface area contributed by atoms with Crippen molar-refractivity contribution in [1.29, 1.82) is 0 Å². The van der Waals surface area contributed by atoms with Gasteiger partial charge in [-0.15, -0.1) is 0 Å². The van der Waals surface area contributed by atoms with E-state index >= 15 is 0 Å². The summed E-state index contributed by atoms with van der Waals surface area (Å²) in [7, 11) is 0. The maximum atomic E-state index is 8.48. The van der Waals surface area contributed by atoms with Gasteiger partial charge in [0.15, 0.2) is 0 Å². The third-order valence-corrected chi connectivity index (χ3v) is 1.25. The van der Waals surface area contributed by atoms with Crippen LogP contribution in [0.4, 0.5) is 0 Å². The molecule has 0 aliphatic rings. The minimum atomic E-state index is 0.0694. The van der Waals surface area contributed by atoms with Crippen molar-refractivity contribution in [2.75, 3.05) is 39.5 Å². The summed E-state index contributed by atoms with van der Waals surface area (Å²) in [5.74, 6) is 0. The first kappa shape index (κ1) is 14.8. The van der Waals surface area contributed by atoms with Gasteiger partial charge in [-0.05, 0) is 0 Å². The van der Waals surface area contributed by atoms with Crippen molar-refractivity contribution in [2.45, 2.75) is 0 Å². The summed E-state index contributed by atoms with van der Waals surface area (Å²) in [5, 5.41) is 25.5. The Morgan fingerprint density at radius 3 is 1.17 bits per heavy atom. The highest BCUT2D eigenvalue weighted by Gasteiger charge is 2.00. The van der Waals surface area contributed by atoms with E-state index in [1.54, 1.807) is 4.90 Å². The van der Waals surface area contributed by atoms with Crippen LogP contribution in [0.5, 0.6) is 0 Å². The molecule has 0 fully saturated rings. The van der Waals surface area contributed by atoms with Gasteiger partial charge in [-0.2, -0.15) is 0 Å². The van der Waals surface area contributed by atoms with Crippen LogP contribution in [0.3, 0.4) is 0 Å². The van der Waals surface area contributed by atoms with Crippen molar-refractivity contribution in [2.24, 2.45) is 0 Å². The maximum absolute atomic E-state index is 8.48. The van der Waals surface area contributed by atoms with Gasteiger partial charge in [0.2, 0.25) is 0 Å². The SMILES string of the molecule is OBr.OCCN(CCO)CCO. The molecule has 5 nitrogen and oxygen atoms in total. The van der Waals surface area contributed by atoms with Crippen LogP contribution in [0.25, 0.3) is 0 Å². The molecular weight excluding hydrogens is 230 g/mol. The fraction of sp³-hybridized carbons (Fsp3) is 1.00. The molecule has 0 heterocycles. The Morgan fingerprint density at radius 2 is 1.00 bits per heavy atom. The van der Waals surface area contributed by atoms with Crippen molar-refractivity contribution >= 4 is 16.3 Å². The molecule has 0 aromatic heterocycles. The van der Waals surface area contributed by atoms with Crippen LogP contribution in [0.2, 0.25) is 0 Å². The summed E-state index contributed by atoms with van der Waals surface area (Å²) in [6.07, 6.45) is 0. The lowest BCUT2D eigenvalue weighted by atomic mass is 10.4. The Balaban J connectivity index is 0. The van der Waals surface area contributed by atoms with Gasteiger partial charge in [-0.1, -0.05) is 0 Å². The van der Waals surface area contributed by atoms with Crippen LogP contribution in [-0.2, 0) is 0 Å². The smallest absolute Gasteiger partial charge is 0.0957 e. The molecule has 4 N–H and O–H groups in total. The summed E-state index contributed by atoms with van der Waals surface area (Å²) < 4.78 is 6.81. The molecule has 6 heteroatoms. The molecule has 0 saturated heterocycles. The van der Waals surface area contributed by atoms with Gasteiger partial charge in [-0.25, -0.2) is 0 Å². The zero-order chi connectivity index (χ0) is 9.82. The molecule has 0 aromatic rings. The van der Waals surface area contributed by atoms with E-state index < -0.39 is 0 Å². The predicted octanol–water partition coefficient (Wildman–Crippen LogP) is -1.45. The van der Waals surface area contributed by atoms with E-state index in [1.165, 1.54) is 0 Å². The minimum absolute atomic E-state index is 0.0694. The standard InChI is InChI=1S/C6H15NO3.BrHO/c8-4-1-7(2-5-9)3-6-10;1-2/h8-10H,1-6H2;2H. The molecule has 0 radical (unpaired) electrons. The van der Waals surface area contributed by atoms with Crippen molar-refractivity contribution in [3.8, 4) is 0 Å². The molecule has 12 heavy (non-hydrogen) atoms. The first-order valence-electron chi connectivity index (χ1n) is 3.57. The van der Waals surface area contributed by atoms with Crippen molar-refractivity contribution in [3.63, 3.8) is 0 Å². The molecular formula is C6H16BrNO4. The normalized spacial score (nSPS) is 9.50. The van der Waals surface area contributed by atoms with E-state index in [1.807, 2.05) is 16.3 Å². The van der Waals surface area contributed by atoms with Gasteiger partial charge in [0.05, 0.1) is 36.1 Å². The average molecular weight is 246 g/mol. The molecule has 0 aliphatic heterocycles. The average Bonchev–Trinajstić information content (AvgIpc) is 2.10. The first-order chi connectivity index (χ1) is 5.85. The van der Waals surface area contributed by atoms with E-state index in [0.29, 0.717) is 19.6 Å². The Labute approximate surface area is 80.7 Å². The Hall–Kier alpha value is 0.280. The van der Waals surface area contributed by atoms with Crippen LogP contribution in [0.1, 0.15) is 0 Å². The van der Waals surface area contributed by atoms with Crippen LogP contribution in [-0.4, -0.2) is 63.9 Å². The second-order valence-electron chi connectivity index (χ2n) is 2.01. The number of hydrogen-bond donors (Lipinski definition) is 4. The highest BCUT2D eigenvalue weighted by Crippen LogP contribution is 1.84. The van der Waals surface area contributed by atoms with Gasteiger partial charge < -0.3 is 19.5 Å². The molecule has 76 valence electrons. The number of halogens is 1. The summed E-state index contributed by atoms with van der Waals surface area (Å²) in [6.45, 7) is 1.75. The van der Waals surface area contributed by atoms with Crippen LogP contribution < -0.4 is 0 Å². The van der Waals surface area contributed by atoms with Crippen LogP contribution >= 0.6 is 16.3 Å². The number of aliphatic hydroxyl groups is 3. The molecule has 0 amide bonds. The monoisotopic (exact) mass is 245 g/mol. The lowest BCUT2D eigenvalue weighted by Gasteiger charge is -2.17. The van der Waals surface area contributed by atoms with Crippen molar-refractivity contribution in [1.82, 2.24) is 4.90 Å². The van der Waals surface area contributed by atoms with Gasteiger partial charge in [0.1, 0.15) is 0 Å². The van der Waals surface area contributed by atoms with E-state index in [0.717, 1.165) is 0 Å².